The van der Waals surface area contributed by atoms with Gasteiger partial charge in [0.25, 0.3) is 11.8 Å². The summed E-state index contributed by atoms with van der Waals surface area (Å²) in [6, 6.07) is 32.7. The SMILES string of the molecule is O=C(NCCN1CCN(Cc2ccccc2)CC1)c1ccc(C=C2Oc3ccccc3N(Cc3ccc(Cl)cc3)C2=O)cc1. The van der Waals surface area contributed by atoms with Crippen LogP contribution < -0.4 is 15.0 Å². The van der Waals surface area contributed by atoms with Gasteiger partial charge in [-0.3, -0.25) is 24.3 Å². The third kappa shape index (κ3) is 7.37. The average Bonchev–Trinajstić information content (AvgIpc) is 3.05. The first-order valence-electron chi connectivity index (χ1n) is 14.9. The molecular formula is C36H35ClN4O3. The average molecular weight is 607 g/mol. The molecule has 1 saturated heterocycles. The molecule has 7 nitrogen and oxygen atoms in total. The van der Waals surface area contributed by atoms with E-state index in [1.807, 2.05) is 66.7 Å². The molecule has 4 aromatic rings. The van der Waals surface area contributed by atoms with Gasteiger partial charge in [0.1, 0.15) is 0 Å². The Bertz CT molecular complexity index is 1620. The molecule has 0 bridgehead atoms. The van der Waals surface area contributed by atoms with Gasteiger partial charge in [-0.15, -0.1) is 0 Å². The first kappa shape index (κ1) is 29.6. The minimum Gasteiger partial charge on any atom is -0.449 e. The number of piperazine rings is 1. The molecule has 4 aromatic carbocycles. The number of carbonyl (C=O) groups is 2. The van der Waals surface area contributed by atoms with Gasteiger partial charge in [-0.2, -0.15) is 0 Å². The third-order valence-corrected chi connectivity index (χ3v) is 8.24. The zero-order chi connectivity index (χ0) is 30.3. The number of hydrogen-bond donors (Lipinski definition) is 1. The molecule has 224 valence electrons. The van der Waals surface area contributed by atoms with Gasteiger partial charge in [-0.05, 0) is 59.2 Å². The first-order chi connectivity index (χ1) is 21.5. The Balaban J connectivity index is 1.02. The number of para-hydroxylation sites is 2. The minimum atomic E-state index is -0.235. The molecule has 44 heavy (non-hydrogen) atoms. The van der Waals surface area contributed by atoms with E-state index in [0.717, 1.165) is 50.4 Å². The van der Waals surface area contributed by atoms with E-state index in [2.05, 4.69) is 39.4 Å². The van der Waals surface area contributed by atoms with Gasteiger partial charge in [0, 0.05) is 56.4 Å². The second-order valence-corrected chi connectivity index (χ2v) is 11.5. The molecule has 1 N–H and O–H groups in total. The second kappa shape index (κ2) is 13.9. The molecule has 6 rings (SSSR count). The largest absolute Gasteiger partial charge is 0.449 e. The van der Waals surface area contributed by atoms with Crippen LogP contribution >= 0.6 is 11.6 Å². The fourth-order valence-electron chi connectivity index (χ4n) is 5.52. The summed E-state index contributed by atoms with van der Waals surface area (Å²) in [4.78, 5) is 32.9. The Kier molecular flexibility index (Phi) is 9.37. The highest BCUT2D eigenvalue weighted by Gasteiger charge is 2.30. The molecule has 2 heterocycles. The third-order valence-electron chi connectivity index (χ3n) is 7.98. The van der Waals surface area contributed by atoms with Crippen molar-refractivity contribution < 1.29 is 14.3 Å². The van der Waals surface area contributed by atoms with Gasteiger partial charge in [-0.25, -0.2) is 0 Å². The van der Waals surface area contributed by atoms with Gasteiger partial charge in [0.2, 0.25) is 0 Å². The van der Waals surface area contributed by atoms with E-state index in [0.29, 0.717) is 35.1 Å². The predicted octanol–water partition coefficient (Wildman–Crippen LogP) is 5.85. The van der Waals surface area contributed by atoms with Crippen LogP contribution in [-0.4, -0.2) is 60.9 Å². The lowest BCUT2D eigenvalue weighted by molar-refractivity contribution is -0.117. The van der Waals surface area contributed by atoms with Crippen LogP contribution in [0.3, 0.4) is 0 Å². The number of nitrogens with zero attached hydrogens (tertiary/aromatic N) is 3. The number of fused-ring (bicyclic) bond motifs is 1. The maximum atomic E-state index is 13.5. The Morgan fingerprint density at radius 1 is 0.773 bits per heavy atom. The van der Waals surface area contributed by atoms with E-state index in [1.165, 1.54) is 5.56 Å². The maximum absolute atomic E-state index is 13.5. The van der Waals surface area contributed by atoms with E-state index >= 15 is 0 Å². The fraction of sp³-hybridized carbons (Fsp3) is 0.222. The minimum absolute atomic E-state index is 0.111. The van der Waals surface area contributed by atoms with Crippen molar-refractivity contribution in [2.24, 2.45) is 0 Å². The van der Waals surface area contributed by atoms with E-state index in [4.69, 9.17) is 16.3 Å². The monoisotopic (exact) mass is 606 g/mol. The number of halogens is 1. The molecule has 0 aromatic heterocycles. The molecule has 1 fully saturated rings. The van der Waals surface area contributed by atoms with Gasteiger partial charge < -0.3 is 10.1 Å². The Labute approximate surface area is 263 Å². The summed E-state index contributed by atoms with van der Waals surface area (Å²) in [7, 11) is 0. The van der Waals surface area contributed by atoms with Crippen molar-refractivity contribution >= 4 is 35.2 Å². The lowest BCUT2D eigenvalue weighted by Gasteiger charge is -2.34. The smallest absolute Gasteiger partial charge is 0.294 e. The van der Waals surface area contributed by atoms with Crippen LogP contribution in [0.5, 0.6) is 5.75 Å². The summed E-state index contributed by atoms with van der Waals surface area (Å²) in [5, 5.41) is 3.69. The highest BCUT2D eigenvalue weighted by atomic mass is 35.5. The van der Waals surface area contributed by atoms with Crippen LogP contribution in [0.4, 0.5) is 5.69 Å². The summed E-state index contributed by atoms with van der Waals surface area (Å²) < 4.78 is 6.02. The van der Waals surface area contributed by atoms with E-state index in [1.54, 1.807) is 23.1 Å². The Hall–Kier alpha value is -4.43. The standard InChI is InChI=1S/C36H35ClN4O3/c37-31-16-12-29(13-17-31)26-41-32-8-4-5-9-33(32)44-34(36(41)43)24-27-10-14-30(15-11-27)35(42)38-18-19-39-20-22-40(23-21-39)25-28-6-2-1-3-7-28/h1-17,24H,18-23,25-26H2,(H,38,42). The summed E-state index contributed by atoms with van der Waals surface area (Å²) in [6.45, 7) is 6.82. The summed E-state index contributed by atoms with van der Waals surface area (Å²) >= 11 is 6.05. The van der Waals surface area contributed by atoms with Crippen molar-refractivity contribution in [1.82, 2.24) is 15.1 Å². The van der Waals surface area contributed by atoms with Crippen molar-refractivity contribution in [2.45, 2.75) is 13.1 Å². The van der Waals surface area contributed by atoms with Crippen molar-refractivity contribution in [2.75, 3.05) is 44.2 Å². The number of amides is 2. The van der Waals surface area contributed by atoms with Crippen LogP contribution in [0.25, 0.3) is 6.08 Å². The maximum Gasteiger partial charge on any atom is 0.294 e. The number of ether oxygens (including phenoxy) is 1. The van der Waals surface area contributed by atoms with Crippen molar-refractivity contribution in [1.29, 1.82) is 0 Å². The number of hydrogen-bond acceptors (Lipinski definition) is 5. The highest BCUT2D eigenvalue weighted by molar-refractivity contribution is 6.30. The highest BCUT2D eigenvalue weighted by Crippen LogP contribution is 2.36. The lowest BCUT2D eigenvalue weighted by atomic mass is 10.1. The van der Waals surface area contributed by atoms with E-state index < -0.39 is 0 Å². The summed E-state index contributed by atoms with van der Waals surface area (Å²) in [5.74, 6) is 0.487. The van der Waals surface area contributed by atoms with Crippen LogP contribution in [-0.2, 0) is 17.9 Å². The molecular weight excluding hydrogens is 572 g/mol. The molecule has 2 amide bonds. The Morgan fingerprint density at radius 3 is 2.18 bits per heavy atom. The zero-order valence-corrected chi connectivity index (χ0v) is 25.2. The van der Waals surface area contributed by atoms with Crippen LogP contribution in [0.15, 0.2) is 109 Å². The normalized spacial score (nSPS) is 16.4. The number of benzene rings is 4. The van der Waals surface area contributed by atoms with Crippen LogP contribution in [0, 0.1) is 0 Å². The molecule has 2 aliphatic rings. The molecule has 8 heteroatoms. The first-order valence-corrected chi connectivity index (χ1v) is 15.3. The van der Waals surface area contributed by atoms with E-state index in [9.17, 15) is 9.59 Å². The quantitative estimate of drug-likeness (QED) is 0.242. The Morgan fingerprint density at radius 2 is 1.43 bits per heavy atom. The molecule has 0 aliphatic carbocycles. The van der Waals surface area contributed by atoms with E-state index in [-0.39, 0.29) is 17.6 Å². The predicted molar refractivity (Wildman–Crippen MR) is 175 cm³/mol. The van der Waals surface area contributed by atoms with Crippen molar-refractivity contribution in [3.63, 3.8) is 0 Å². The van der Waals surface area contributed by atoms with Crippen molar-refractivity contribution in [3.8, 4) is 5.75 Å². The van der Waals surface area contributed by atoms with Gasteiger partial charge >= 0.3 is 0 Å². The number of anilines is 1. The topological polar surface area (TPSA) is 65.1 Å². The number of nitrogens with one attached hydrogen (secondary N) is 1. The van der Waals surface area contributed by atoms with Gasteiger partial charge in [-0.1, -0.05) is 78.3 Å². The summed E-state index contributed by atoms with van der Waals surface area (Å²) in [6.07, 6.45) is 1.71. The van der Waals surface area contributed by atoms with Crippen LogP contribution in [0.2, 0.25) is 5.02 Å². The second-order valence-electron chi connectivity index (χ2n) is 11.1. The molecule has 0 unspecified atom stereocenters. The zero-order valence-electron chi connectivity index (χ0n) is 24.5. The molecule has 0 spiro atoms. The van der Waals surface area contributed by atoms with Crippen molar-refractivity contribution in [3.05, 3.63) is 136 Å². The summed E-state index contributed by atoms with van der Waals surface area (Å²) in [5.41, 5.74) is 4.36. The molecule has 0 radical (unpaired) electrons. The number of rotatable bonds is 9. The number of carbonyl (C=O) groups excluding carboxylic acids is 2. The fourth-order valence-corrected chi connectivity index (χ4v) is 5.64. The van der Waals surface area contributed by atoms with Gasteiger partial charge in [0.05, 0.1) is 12.2 Å². The lowest BCUT2D eigenvalue weighted by Crippen LogP contribution is -2.48. The molecule has 0 atom stereocenters. The molecule has 2 aliphatic heterocycles. The van der Waals surface area contributed by atoms with Gasteiger partial charge in [0.15, 0.2) is 11.5 Å². The molecule has 0 saturated carbocycles. The van der Waals surface area contributed by atoms with Crippen LogP contribution in [0.1, 0.15) is 27.0 Å².